The molecule has 6 nitrogen and oxygen atoms in total. The topological polar surface area (TPSA) is 65.4 Å². The van der Waals surface area contributed by atoms with Crippen molar-refractivity contribution in [3.63, 3.8) is 0 Å². The molecule has 1 amide bonds. The van der Waals surface area contributed by atoms with Crippen molar-refractivity contribution in [3.05, 3.63) is 36.7 Å². The highest BCUT2D eigenvalue weighted by atomic mass is 16.6. The summed E-state index contributed by atoms with van der Waals surface area (Å²) in [5.74, 6) is 1.81. The van der Waals surface area contributed by atoms with Crippen LogP contribution in [-0.2, 0) is 11.3 Å². The number of nitrogens with zero attached hydrogens (tertiary/aromatic N) is 2. The van der Waals surface area contributed by atoms with Gasteiger partial charge in [0, 0.05) is 12.1 Å². The molecule has 0 spiro atoms. The number of carbonyl (C=O) groups is 1. The molecular weight excluding hydrogens is 282 g/mol. The summed E-state index contributed by atoms with van der Waals surface area (Å²) in [6.45, 7) is 1.06. The van der Waals surface area contributed by atoms with E-state index in [1.54, 1.807) is 10.9 Å². The maximum Gasteiger partial charge on any atom is 0.227 e. The molecule has 0 bridgehead atoms. The lowest BCUT2D eigenvalue weighted by atomic mass is 10.2. The van der Waals surface area contributed by atoms with Crippen molar-refractivity contribution in [3.8, 4) is 11.5 Å². The molecule has 4 rings (SSSR count). The number of anilines is 1. The van der Waals surface area contributed by atoms with Crippen LogP contribution >= 0.6 is 0 Å². The summed E-state index contributed by atoms with van der Waals surface area (Å²) in [5, 5.41) is 7.15. The summed E-state index contributed by atoms with van der Waals surface area (Å²) in [6.07, 6.45) is 5.38. The summed E-state index contributed by atoms with van der Waals surface area (Å²) in [6, 6.07) is 7.63. The van der Waals surface area contributed by atoms with E-state index in [0.717, 1.165) is 30.0 Å². The fourth-order valence-electron chi connectivity index (χ4n) is 2.48. The first-order chi connectivity index (χ1) is 10.8. The number of nitrogens with one attached hydrogen (secondary N) is 1. The van der Waals surface area contributed by atoms with Crippen LogP contribution in [0.2, 0.25) is 0 Å². The number of hydrogen-bond acceptors (Lipinski definition) is 4. The van der Waals surface area contributed by atoms with Crippen molar-refractivity contribution in [2.24, 2.45) is 5.92 Å². The van der Waals surface area contributed by atoms with Gasteiger partial charge in [-0.05, 0) is 25.0 Å². The first-order valence-electron chi connectivity index (χ1n) is 7.50. The molecule has 1 fully saturated rings. The van der Waals surface area contributed by atoms with E-state index in [0.29, 0.717) is 13.2 Å². The predicted octanol–water partition coefficient (Wildman–Crippen LogP) is 2.07. The number of para-hydroxylation sites is 2. The number of fused-ring (bicyclic) bond motifs is 1. The molecule has 1 atom stereocenters. The van der Waals surface area contributed by atoms with E-state index in [2.05, 4.69) is 10.4 Å². The molecule has 2 aromatic rings. The Balaban J connectivity index is 1.38. The molecule has 22 heavy (non-hydrogen) atoms. The van der Waals surface area contributed by atoms with Gasteiger partial charge in [0.25, 0.3) is 0 Å². The summed E-state index contributed by atoms with van der Waals surface area (Å²) < 4.78 is 13.4. The minimum Gasteiger partial charge on any atom is -0.486 e. The average Bonchev–Trinajstić information content (AvgIpc) is 3.30. The number of benzene rings is 1. The second-order valence-electron chi connectivity index (χ2n) is 5.71. The summed E-state index contributed by atoms with van der Waals surface area (Å²) >= 11 is 0. The second-order valence-corrected chi connectivity index (χ2v) is 5.71. The number of amides is 1. The minimum atomic E-state index is -0.0956. The lowest BCUT2D eigenvalue weighted by Gasteiger charge is -2.26. The van der Waals surface area contributed by atoms with Crippen molar-refractivity contribution in [1.82, 2.24) is 9.78 Å². The molecule has 0 radical (unpaired) electrons. The molecule has 2 aliphatic rings. The fraction of sp³-hybridized carbons (Fsp3) is 0.375. The molecule has 114 valence electrons. The van der Waals surface area contributed by atoms with Crippen LogP contribution < -0.4 is 14.8 Å². The second kappa shape index (κ2) is 5.36. The number of aromatic nitrogens is 2. The smallest absolute Gasteiger partial charge is 0.227 e. The van der Waals surface area contributed by atoms with Crippen LogP contribution in [0.1, 0.15) is 12.8 Å². The maximum atomic E-state index is 11.7. The van der Waals surface area contributed by atoms with Gasteiger partial charge in [-0.1, -0.05) is 12.1 Å². The van der Waals surface area contributed by atoms with Gasteiger partial charge in [0.15, 0.2) is 17.6 Å². The van der Waals surface area contributed by atoms with Gasteiger partial charge in [0.2, 0.25) is 5.91 Å². The van der Waals surface area contributed by atoms with Crippen molar-refractivity contribution in [2.75, 3.05) is 11.9 Å². The Hall–Kier alpha value is -2.50. The zero-order valence-electron chi connectivity index (χ0n) is 12.1. The minimum absolute atomic E-state index is 0.0886. The zero-order valence-corrected chi connectivity index (χ0v) is 12.1. The summed E-state index contributed by atoms with van der Waals surface area (Å²) in [5.41, 5.74) is 0.731. The van der Waals surface area contributed by atoms with E-state index in [1.165, 1.54) is 0 Å². The van der Waals surface area contributed by atoms with Gasteiger partial charge >= 0.3 is 0 Å². The van der Waals surface area contributed by atoms with E-state index in [1.807, 2.05) is 30.5 Å². The Morgan fingerprint density at radius 3 is 2.95 bits per heavy atom. The SMILES string of the molecule is O=C(Nc1cnn(C[C@H]2COc3ccccc3O2)c1)C1CC1. The van der Waals surface area contributed by atoms with E-state index in [4.69, 9.17) is 9.47 Å². The third-order valence-electron chi connectivity index (χ3n) is 3.81. The van der Waals surface area contributed by atoms with E-state index in [-0.39, 0.29) is 17.9 Å². The molecule has 1 aromatic carbocycles. The van der Waals surface area contributed by atoms with Gasteiger partial charge in [-0.2, -0.15) is 5.10 Å². The maximum absolute atomic E-state index is 11.7. The van der Waals surface area contributed by atoms with Crippen LogP contribution in [-0.4, -0.2) is 28.4 Å². The van der Waals surface area contributed by atoms with Crippen LogP contribution in [0.25, 0.3) is 0 Å². The Morgan fingerprint density at radius 1 is 1.32 bits per heavy atom. The van der Waals surface area contributed by atoms with Crippen LogP contribution in [0.5, 0.6) is 11.5 Å². The molecule has 2 heterocycles. The van der Waals surface area contributed by atoms with Crippen LogP contribution in [0.3, 0.4) is 0 Å². The number of rotatable bonds is 4. The van der Waals surface area contributed by atoms with Crippen molar-refractivity contribution in [1.29, 1.82) is 0 Å². The summed E-state index contributed by atoms with van der Waals surface area (Å²) in [7, 11) is 0. The lowest BCUT2D eigenvalue weighted by molar-refractivity contribution is -0.117. The molecule has 6 heteroatoms. The monoisotopic (exact) mass is 299 g/mol. The average molecular weight is 299 g/mol. The van der Waals surface area contributed by atoms with Gasteiger partial charge in [-0.25, -0.2) is 0 Å². The van der Waals surface area contributed by atoms with Gasteiger partial charge in [-0.3, -0.25) is 9.48 Å². The van der Waals surface area contributed by atoms with E-state index >= 15 is 0 Å². The molecule has 1 aromatic heterocycles. The third kappa shape index (κ3) is 2.77. The molecular formula is C16H17N3O3. The number of ether oxygens (including phenoxy) is 2. The highest BCUT2D eigenvalue weighted by Crippen LogP contribution is 2.31. The van der Waals surface area contributed by atoms with Crippen LogP contribution in [0.15, 0.2) is 36.7 Å². The molecule has 1 N–H and O–H groups in total. The first-order valence-corrected chi connectivity index (χ1v) is 7.50. The first kappa shape index (κ1) is 13.2. The van der Waals surface area contributed by atoms with Crippen LogP contribution in [0.4, 0.5) is 5.69 Å². The molecule has 1 saturated carbocycles. The Morgan fingerprint density at radius 2 is 2.14 bits per heavy atom. The highest BCUT2D eigenvalue weighted by molar-refractivity contribution is 5.93. The Bertz CT molecular complexity index is 693. The largest absolute Gasteiger partial charge is 0.486 e. The fourth-order valence-corrected chi connectivity index (χ4v) is 2.48. The third-order valence-corrected chi connectivity index (χ3v) is 3.81. The van der Waals surface area contributed by atoms with Gasteiger partial charge < -0.3 is 14.8 Å². The normalized spacial score (nSPS) is 19.7. The van der Waals surface area contributed by atoms with Crippen molar-refractivity contribution < 1.29 is 14.3 Å². The van der Waals surface area contributed by atoms with E-state index in [9.17, 15) is 4.79 Å². The van der Waals surface area contributed by atoms with Crippen molar-refractivity contribution in [2.45, 2.75) is 25.5 Å². The van der Waals surface area contributed by atoms with Gasteiger partial charge in [-0.15, -0.1) is 0 Å². The molecule has 0 unspecified atom stereocenters. The molecule has 0 saturated heterocycles. The van der Waals surface area contributed by atoms with E-state index < -0.39 is 0 Å². The zero-order chi connectivity index (χ0) is 14.9. The van der Waals surface area contributed by atoms with Crippen molar-refractivity contribution >= 4 is 11.6 Å². The van der Waals surface area contributed by atoms with Crippen LogP contribution in [0, 0.1) is 5.92 Å². The van der Waals surface area contributed by atoms with Gasteiger partial charge in [0.05, 0.1) is 18.4 Å². The highest BCUT2D eigenvalue weighted by Gasteiger charge is 2.29. The Labute approximate surface area is 128 Å². The molecule has 1 aliphatic heterocycles. The number of carbonyl (C=O) groups excluding carboxylic acids is 1. The Kier molecular flexibility index (Phi) is 3.21. The summed E-state index contributed by atoms with van der Waals surface area (Å²) in [4.78, 5) is 11.7. The lowest BCUT2D eigenvalue weighted by Crippen LogP contribution is -2.33. The quantitative estimate of drug-likeness (QED) is 0.938. The standard InChI is InChI=1S/C16H17N3O3/c20-16(11-5-6-11)18-12-7-17-19(8-12)9-13-10-21-14-3-1-2-4-15(14)22-13/h1-4,7-8,11,13H,5-6,9-10H2,(H,18,20)/t13-/m0/s1. The van der Waals surface area contributed by atoms with Gasteiger partial charge in [0.1, 0.15) is 6.61 Å². The predicted molar refractivity (Wildman–Crippen MR) is 79.9 cm³/mol. The number of hydrogen-bond donors (Lipinski definition) is 1. The molecule has 1 aliphatic carbocycles.